The lowest BCUT2D eigenvalue weighted by Gasteiger charge is -2.35. The first-order chi connectivity index (χ1) is 12.0. The van der Waals surface area contributed by atoms with Crippen LogP contribution < -0.4 is 19.9 Å². The van der Waals surface area contributed by atoms with Gasteiger partial charge in [0.25, 0.3) is 5.56 Å². The summed E-state index contributed by atoms with van der Waals surface area (Å²) in [6.45, 7) is 5.62. The van der Waals surface area contributed by atoms with Crippen LogP contribution in [0.5, 0.6) is 11.5 Å². The molecule has 0 spiro atoms. The maximum Gasteiger partial charge on any atom is 0.252 e. The van der Waals surface area contributed by atoms with Crippen molar-refractivity contribution in [1.82, 2.24) is 9.97 Å². The van der Waals surface area contributed by atoms with E-state index in [0.717, 1.165) is 5.75 Å². The summed E-state index contributed by atoms with van der Waals surface area (Å²) in [6.07, 6.45) is 0.182. The Morgan fingerprint density at radius 3 is 2.48 bits per heavy atom. The smallest absolute Gasteiger partial charge is 0.252 e. The molecule has 0 unspecified atom stereocenters. The second kappa shape index (κ2) is 7.57. The fraction of sp³-hybridized carbons (Fsp3) is 0.444. The summed E-state index contributed by atoms with van der Waals surface area (Å²) in [4.78, 5) is 21.4. The van der Waals surface area contributed by atoms with Crippen molar-refractivity contribution in [2.75, 3.05) is 25.1 Å². The van der Waals surface area contributed by atoms with E-state index in [9.17, 15) is 4.79 Å². The van der Waals surface area contributed by atoms with Gasteiger partial charge in [0.05, 0.1) is 25.0 Å². The van der Waals surface area contributed by atoms with E-state index in [1.165, 1.54) is 6.07 Å². The van der Waals surface area contributed by atoms with Gasteiger partial charge < -0.3 is 19.1 Å². The van der Waals surface area contributed by atoms with E-state index in [1.54, 1.807) is 7.11 Å². The number of morpholine rings is 1. The monoisotopic (exact) mass is 345 g/mol. The van der Waals surface area contributed by atoms with Crippen LogP contribution in [0.25, 0.3) is 0 Å². The van der Waals surface area contributed by atoms with Gasteiger partial charge in [-0.25, -0.2) is 4.98 Å². The highest BCUT2D eigenvalue weighted by Crippen LogP contribution is 2.19. The van der Waals surface area contributed by atoms with Crippen LogP contribution in [0.3, 0.4) is 0 Å². The number of nitrogens with one attached hydrogen (secondary N) is 1. The molecule has 2 aromatic rings. The van der Waals surface area contributed by atoms with Crippen LogP contribution in [0, 0.1) is 0 Å². The summed E-state index contributed by atoms with van der Waals surface area (Å²) in [5, 5.41) is 0. The van der Waals surface area contributed by atoms with Crippen LogP contribution >= 0.6 is 0 Å². The van der Waals surface area contributed by atoms with E-state index in [1.807, 2.05) is 43.0 Å². The summed E-state index contributed by atoms with van der Waals surface area (Å²) in [5.74, 6) is 2.01. The van der Waals surface area contributed by atoms with E-state index in [-0.39, 0.29) is 24.4 Å². The molecule has 2 heterocycles. The van der Waals surface area contributed by atoms with Crippen LogP contribution in [0.4, 0.5) is 5.95 Å². The minimum absolute atomic E-state index is 0.0910. The Hall–Kier alpha value is -2.54. The van der Waals surface area contributed by atoms with E-state index in [0.29, 0.717) is 30.5 Å². The van der Waals surface area contributed by atoms with E-state index in [2.05, 4.69) is 9.97 Å². The van der Waals surface area contributed by atoms with Gasteiger partial charge in [-0.15, -0.1) is 0 Å². The molecule has 1 aliphatic rings. The highest BCUT2D eigenvalue weighted by molar-refractivity contribution is 5.33. The molecule has 0 amide bonds. The minimum atomic E-state index is -0.190. The highest BCUT2D eigenvalue weighted by atomic mass is 16.5. The van der Waals surface area contributed by atoms with Gasteiger partial charge in [-0.1, -0.05) is 0 Å². The predicted molar refractivity (Wildman–Crippen MR) is 94.4 cm³/mol. The van der Waals surface area contributed by atoms with Gasteiger partial charge in [0, 0.05) is 19.2 Å². The number of rotatable bonds is 5. The van der Waals surface area contributed by atoms with Crippen LogP contribution in [0.2, 0.25) is 0 Å². The zero-order valence-corrected chi connectivity index (χ0v) is 14.7. The Morgan fingerprint density at radius 2 is 1.84 bits per heavy atom. The first kappa shape index (κ1) is 17.3. The summed E-state index contributed by atoms with van der Waals surface area (Å²) in [5.41, 5.74) is 0.395. The Kier molecular flexibility index (Phi) is 5.23. The number of hydrogen-bond acceptors (Lipinski definition) is 6. The fourth-order valence-electron chi connectivity index (χ4n) is 2.90. The molecule has 0 saturated carbocycles. The van der Waals surface area contributed by atoms with Crippen molar-refractivity contribution >= 4 is 5.95 Å². The van der Waals surface area contributed by atoms with Crippen molar-refractivity contribution in [2.24, 2.45) is 0 Å². The average Bonchev–Trinajstić information content (AvgIpc) is 2.59. The maximum atomic E-state index is 12.0. The molecule has 1 aromatic carbocycles. The number of anilines is 1. The van der Waals surface area contributed by atoms with Gasteiger partial charge in [0.15, 0.2) is 0 Å². The second-order valence-corrected chi connectivity index (χ2v) is 6.19. The molecule has 2 atom stereocenters. The lowest BCUT2D eigenvalue weighted by molar-refractivity contribution is -0.00575. The van der Waals surface area contributed by atoms with Crippen LogP contribution in [-0.4, -0.2) is 42.4 Å². The number of methoxy groups -OCH3 is 1. The van der Waals surface area contributed by atoms with Crippen LogP contribution in [0.1, 0.15) is 19.5 Å². The van der Waals surface area contributed by atoms with Gasteiger partial charge in [-0.2, -0.15) is 0 Å². The van der Waals surface area contributed by atoms with Crippen molar-refractivity contribution in [1.29, 1.82) is 0 Å². The molecule has 0 radical (unpaired) electrons. The quantitative estimate of drug-likeness (QED) is 0.893. The molecule has 7 heteroatoms. The number of aromatic amines is 1. The number of ether oxygens (including phenoxy) is 3. The fourth-order valence-corrected chi connectivity index (χ4v) is 2.90. The molecule has 1 aliphatic heterocycles. The zero-order chi connectivity index (χ0) is 17.8. The molecule has 0 bridgehead atoms. The van der Waals surface area contributed by atoms with Gasteiger partial charge >= 0.3 is 0 Å². The molecular formula is C18H23N3O4. The predicted octanol–water partition coefficient (Wildman–Crippen LogP) is 1.97. The summed E-state index contributed by atoms with van der Waals surface area (Å²) in [6, 6.07) is 8.74. The number of nitrogens with zero attached hydrogens (tertiary/aromatic N) is 2. The van der Waals surface area contributed by atoms with Crippen molar-refractivity contribution in [3.63, 3.8) is 0 Å². The topological polar surface area (TPSA) is 76.7 Å². The van der Waals surface area contributed by atoms with Gasteiger partial charge in [-0.05, 0) is 38.1 Å². The first-order valence-electron chi connectivity index (χ1n) is 8.31. The third-order valence-electron chi connectivity index (χ3n) is 3.95. The lowest BCUT2D eigenvalue weighted by Crippen LogP contribution is -2.46. The lowest BCUT2D eigenvalue weighted by atomic mass is 10.2. The maximum absolute atomic E-state index is 12.0. The molecule has 0 aliphatic carbocycles. The Bertz CT molecular complexity index is 750. The highest BCUT2D eigenvalue weighted by Gasteiger charge is 2.24. The second-order valence-electron chi connectivity index (χ2n) is 6.19. The largest absolute Gasteiger partial charge is 0.497 e. The molecule has 134 valence electrons. The Morgan fingerprint density at radius 1 is 1.20 bits per heavy atom. The van der Waals surface area contributed by atoms with Crippen molar-refractivity contribution in [2.45, 2.75) is 32.7 Å². The molecule has 7 nitrogen and oxygen atoms in total. The molecule has 1 fully saturated rings. The van der Waals surface area contributed by atoms with Crippen molar-refractivity contribution in [3.8, 4) is 11.5 Å². The zero-order valence-electron chi connectivity index (χ0n) is 14.7. The first-order valence-corrected chi connectivity index (χ1v) is 8.31. The number of benzene rings is 1. The third kappa shape index (κ3) is 4.51. The summed E-state index contributed by atoms with van der Waals surface area (Å²) >= 11 is 0. The molecule has 3 rings (SSSR count). The average molecular weight is 345 g/mol. The molecular weight excluding hydrogens is 322 g/mol. The minimum Gasteiger partial charge on any atom is -0.497 e. The van der Waals surface area contributed by atoms with Crippen molar-refractivity contribution in [3.05, 3.63) is 46.4 Å². The van der Waals surface area contributed by atoms with E-state index in [4.69, 9.17) is 14.2 Å². The van der Waals surface area contributed by atoms with Crippen LogP contribution in [-0.2, 0) is 11.3 Å². The summed E-state index contributed by atoms with van der Waals surface area (Å²) in [7, 11) is 1.62. The third-order valence-corrected chi connectivity index (χ3v) is 3.95. The van der Waals surface area contributed by atoms with Gasteiger partial charge in [0.1, 0.15) is 18.1 Å². The number of hydrogen-bond donors (Lipinski definition) is 1. The van der Waals surface area contributed by atoms with E-state index >= 15 is 0 Å². The van der Waals surface area contributed by atoms with Gasteiger partial charge in [0.2, 0.25) is 5.95 Å². The number of H-pyrrole nitrogens is 1. The molecule has 1 N–H and O–H groups in total. The molecule has 1 aromatic heterocycles. The molecule has 1 saturated heterocycles. The standard InChI is InChI=1S/C18H23N3O4/c1-12-9-21(10-13(2)25-12)18-19-14(8-17(22)20-18)11-24-16-6-4-15(23-3)5-7-16/h4-8,12-13H,9-11H2,1-3H3,(H,19,20,22)/t12-,13+. The molecule has 25 heavy (non-hydrogen) atoms. The van der Waals surface area contributed by atoms with Crippen molar-refractivity contribution < 1.29 is 14.2 Å². The SMILES string of the molecule is COc1ccc(OCc2cc(=O)[nH]c(N3C[C@@H](C)O[C@@H](C)C3)n2)cc1. The normalized spacial score (nSPS) is 20.4. The Labute approximate surface area is 146 Å². The van der Waals surface area contributed by atoms with Crippen LogP contribution in [0.15, 0.2) is 35.1 Å². The summed E-state index contributed by atoms with van der Waals surface area (Å²) < 4.78 is 16.6. The number of aromatic nitrogens is 2. The van der Waals surface area contributed by atoms with Gasteiger partial charge in [-0.3, -0.25) is 9.78 Å². The Balaban J connectivity index is 1.71. The van der Waals surface area contributed by atoms with E-state index < -0.39 is 0 Å².